The first-order valence-corrected chi connectivity index (χ1v) is 10.7. The van der Waals surface area contributed by atoms with Crippen LogP contribution in [0, 0.1) is 0 Å². The van der Waals surface area contributed by atoms with Gasteiger partial charge in [0.25, 0.3) is 5.91 Å². The second-order valence-corrected chi connectivity index (χ2v) is 8.09. The number of piperidine rings is 2. The van der Waals surface area contributed by atoms with Crippen LogP contribution in [-0.4, -0.2) is 74.4 Å². The van der Waals surface area contributed by atoms with Crippen molar-refractivity contribution in [2.45, 2.75) is 37.8 Å². The number of hydrogen-bond donors (Lipinski definition) is 1. The van der Waals surface area contributed by atoms with Crippen molar-refractivity contribution >= 4 is 16.9 Å². The highest BCUT2D eigenvalue weighted by Crippen LogP contribution is 2.24. The minimum Gasteiger partial charge on any atom is -0.490 e. The summed E-state index contributed by atoms with van der Waals surface area (Å²) in [6.07, 6.45) is 7.93. The highest BCUT2D eigenvalue weighted by molar-refractivity contribution is 5.97. The Kier molecular flexibility index (Phi) is 5.31. The molecule has 2 aliphatic rings. The molecule has 0 bridgehead atoms. The molecule has 2 saturated heterocycles. The maximum Gasteiger partial charge on any atom is 0.253 e. The normalized spacial score (nSPS) is 19.3. The van der Waals surface area contributed by atoms with Crippen molar-refractivity contribution in [2.75, 3.05) is 26.2 Å². The molecule has 0 spiro atoms. The lowest BCUT2D eigenvalue weighted by molar-refractivity contribution is 0.0425. The molecule has 1 aromatic carbocycles. The number of rotatable bonds is 4. The van der Waals surface area contributed by atoms with Gasteiger partial charge in [-0.3, -0.25) is 14.7 Å². The van der Waals surface area contributed by atoms with Crippen LogP contribution in [0.15, 0.2) is 42.7 Å². The number of pyridine rings is 1. The van der Waals surface area contributed by atoms with Crippen molar-refractivity contribution in [3.05, 3.63) is 48.3 Å². The van der Waals surface area contributed by atoms with Crippen molar-refractivity contribution in [3.63, 3.8) is 0 Å². The number of amides is 1. The second kappa shape index (κ2) is 8.39. The smallest absolute Gasteiger partial charge is 0.253 e. The number of carbonyl (C=O) groups is 1. The van der Waals surface area contributed by atoms with Gasteiger partial charge in [0.2, 0.25) is 0 Å². The number of aromatic amines is 1. The summed E-state index contributed by atoms with van der Waals surface area (Å²) >= 11 is 0. The average Bonchev–Trinajstić information content (AvgIpc) is 3.28. The van der Waals surface area contributed by atoms with E-state index < -0.39 is 0 Å². The topological polar surface area (TPSA) is 87.2 Å². The molecule has 30 heavy (non-hydrogen) atoms. The van der Waals surface area contributed by atoms with Crippen LogP contribution in [0.3, 0.4) is 0 Å². The number of nitrogens with one attached hydrogen (secondary N) is 1. The largest absolute Gasteiger partial charge is 0.490 e. The van der Waals surface area contributed by atoms with Gasteiger partial charge in [-0.15, -0.1) is 0 Å². The summed E-state index contributed by atoms with van der Waals surface area (Å²) in [5.74, 6) is 0.988. The van der Waals surface area contributed by atoms with Crippen LogP contribution in [-0.2, 0) is 0 Å². The van der Waals surface area contributed by atoms with Gasteiger partial charge >= 0.3 is 0 Å². The number of hydrogen-bond acceptors (Lipinski definition) is 6. The lowest BCUT2D eigenvalue weighted by atomic mass is 9.98. The summed E-state index contributed by atoms with van der Waals surface area (Å²) in [5, 5.41) is 10.7. The number of likely N-dealkylation sites (tertiary alicyclic amines) is 2. The molecule has 4 heterocycles. The lowest BCUT2D eigenvalue weighted by Gasteiger charge is -2.41. The van der Waals surface area contributed by atoms with Gasteiger partial charge in [0.15, 0.2) is 0 Å². The maximum atomic E-state index is 12.9. The Bertz CT molecular complexity index is 991. The summed E-state index contributed by atoms with van der Waals surface area (Å²) in [7, 11) is 0. The first kappa shape index (κ1) is 19.0. The molecule has 3 aromatic rings. The summed E-state index contributed by atoms with van der Waals surface area (Å²) in [5.41, 5.74) is 2.19. The van der Waals surface area contributed by atoms with E-state index in [0.29, 0.717) is 11.6 Å². The fraction of sp³-hybridized carbons (Fsp3) is 0.455. The molecule has 1 amide bonds. The van der Waals surface area contributed by atoms with E-state index in [1.165, 1.54) is 0 Å². The van der Waals surface area contributed by atoms with Crippen LogP contribution in [0.4, 0.5) is 0 Å². The molecule has 2 aliphatic heterocycles. The molecular formula is C22H26N6O2. The minimum absolute atomic E-state index is 0.0859. The zero-order chi connectivity index (χ0) is 20.3. The van der Waals surface area contributed by atoms with Gasteiger partial charge in [-0.25, -0.2) is 0 Å². The predicted octanol–water partition coefficient (Wildman–Crippen LogP) is 2.50. The van der Waals surface area contributed by atoms with Gasteiger partial charge in [-0.05, 0) is 56.0 Å². The fourth-order valence-corrected chi connectivity index (χ4v) is 4.56. The van der Waals surface area contributed by atoms with Crippen molar-refractivity contribution in [1.82, 2.24) is 30.2 Å². The molecule has 5 rings (SSSR count). The quantitative estimate of drug-likeness (QED) is 0.716. The molecule has 0 aliphatic carbocycles. The third-order valence-corrected chi connectivity index (χ3v) is 6.26. The van der Waals surface area contributed by atoms with Gasteiger partial charge in [-0.1, -0.05) is 0 Å². The van der Waals surface area contributed by atoms with Crippen LogP contribution in [0.25, 0.3) is 11.0 Å². The van der Waals surface area contributed by atoms with Gasteiger partial charge in [-0.2, -0.15) is 15.4 Å². The van der Waals surface area contributed by atoms with Crippen LogP contribution in [0.5, 0.6) is 5.75 Å². The molecule has 8 nitrogen and oxygen atoms in total. The maximum absolute atomic E-state index is 12.9. The highest BCUT2D eigenvalue weighted by atomic mass is 16.5. The average molecular weight is 406 g/mol. The molecule has 156 valence electrons. The lowest BCUT2D eigenvalue weighted by Crippen LogP contribution is -2.50. The van der Waals surface area contributed by atoms with Crippen LogP contribution in [0.2, 0.25) is 0 Å². The van der Waals surface area contributed by atoms with Gasteiger partial charge < -0.3 is 9.64 Å². The fourth-order valence-electron chi connectivity index (χ4n) is 4.56. The van der Waals surface area contributed by atoms with Crippen LogP contribution < -0.4 is 4.74 Å². The summed E-state index contributed by atoms with van der Waals surface area (Å²) in [6, 6.07) is 9.89. The second-order valence-electron chi connectivity index (χ2n) is 8.09. The van der Waals surface area contributed by atoms with E-state index in [2.05, 4.69) is 25.3 Å². The molecule has 8 heteroatoms. The van der Waals surface area contributed by atoms with Gasteiger partial charge in [0, 0.05) is 50.2 Å². The van der Waals surface area contributed by atoms with Gasteiger partial charge in [0.1, 0.15) is 22.9 Å². The first-order chi connectivity index (χ1) is 14.8. The van der Waals surface area contributed by atoms with E-state index in [1.807, 2.05) is 35.2 Å². The SMILES string of the molecule is O=C(c1ccc2n[nH]nc2c1)N1CCC(N2CCC(Oc3ccncc3)CC2)CC1. The Morgan fingerprint density at radius 2 is 1.67 bits per heavy atom. The first-order valence-electron chi connectivity index (χ1n) is 10.7. The van der Waals surface area contributed by atoms with Gasteiger partial charge in [0.05, 0.1) is 0 Å². The summed E-state index contributed by atoms with van der Waals surface area (Å²) in [4.78, 5) is 21.5. The molecule has 0 saturated carbocycles. The minimum atomic E-state index is 0.0859. The van der Waals surface area contributed by atoms with E-state index in [1.54, 1.807) is 12.4 Å². The Morgan fingerprint density at radius 3 is 2.43 bits per heavy atom. The summed E-state index contributed by atoms with van der Waals surface area (Å²) < 4.78 is 6.08. The standard InChI is InChI=1S/C22H26N6O2/c29-22(16-1-2-20-21(15-16)25-26-24-20)28-11-5-17(6-12-28)27-13-7-19(8-14-27)30-18-3-9-23-10-4-18/h1-4,9-10,15,17,19H,5-8,11-14H2,(H,24,25,26). The number of nitrogens with zero attached hydrogens (tertiary/aromatic N) is 5. The Labute approximate surface area is 175 Å². The zero-order valence-corrected chi connectivity index (χ0v) is 16.9. The highest BCUT2D eigenvalue weighted by Gasteiger charge is 2.30. The van der Waals surface area contributed by atoms with E-state index in [-0.39, 0.29) is 12.0 Å². The number of H-pyrrole nitrogens is 1. The predicted molar refractivity (Wildman–Crippen MR) is 112 cm³/mol. The van der Waals surface area contributed by atoms with E-state index >= 15 is 0 Å². The van der Waals surface area contributed by atoms with E-state index in [9.17, 15) is 4.79 Å². The third-order valence-electron chi connectivity index (χ3n) is 6.26. The number of benzene rings is 1. The number of carbonyl (C=O) groups excluding carboxylic acids is 1. The van der Waals surface area contributed by atoms with Crippen molar-refractivity contribution < 1.29 is 9.53 Å². The molecule has 0 atom stereocenters. The van der Waals surface area contributed by atoms with Crippen LogP contribution >= 0.6 is 0 Å². The van der Waals surface area contributed by atoms with Crippen molar-refractivity contribution in [1.29, 1.82) is 0 Å². The third kappa shape index (κ3) is 4.00. The molecular weight excluding hydrogens is 380 g/mol. The monoisotopic (exact) mass is 406 g/mol. The Hall–Kier alpha value is -3.00. The zero-order valence-electron chi connectivity index (χ0n) is 16.9. The number of ether oxygens (including phenoxy) is 1. The van der Waals surface area contributed by atoms with E-state index in [0.717, 1.165) is 68.6 Å². The molecule has 1 N–H and O–H groups in total. The van der Waals surface area contributed by atoms with Crippen LogP contribution in [0.1, 0.15) is 36.0 Å². The molecule has 2 aromatic heterocycles. The van der Waals surface area contributed by atoms with Crippen molar-refractivity contribution in [3.8, 4) is 5.75 Å². The number of aromatic nitrogens is 4. The molecule has 0 unspecified atom stereocenters. The number of fused-ring (bicyclic) bond motifs is 1. The summed E-state index contributed by atoms with van der Waals surface area (Å²) in [6.45, 7) is 3.70. The Balaban J connectivity index is 1.11. The molecule has 0 radical (unpaired) electrons. The van der Waals surface area contributed by atoms with E-state index in [4.69, 9.17) is 4.74 Å². The molecule has 2 fully saturated rings. The Morgan fingerprint density at radius 1 is 0.933 bits per heavy atom. The van der Waals surface area contributed by atoms with Crippen molar-refractivity contribution in [2.24, 2.45) is 0 Å².